The molecule has 0 fully saturated rings. The molecule has 0 aliphatic rings. The van der Waals surface area contributed by atoms with E-state index >= 15 is 0 Å². The van der Waals surface area contributed by atoms with Crippen LogP contribution >= 0.6 is 0 Å². The highest BCUT2D eigenvalue weighted by Crippen LogP contribution is 2.31. The van der Waals surface area contributed by atoms with Gasteiger partial charge in [-0.05, 0) is 12.1 Å². The van der Waals surface area contributed by atoms with E-state index in [9.17, 15) is 31.1 Å². The van der Waals surface area contributed by atoms with Crippen molar-refractivity contribution in [2.75, 3.05) is 13.7 Å². The summed E-state index contributed by atoms with van der Waals surface area (Å²) in [5, 5.41) is 2.70. The zero-order valence-electron chi connectivity index (χ0n) is 11.0. The Kier molecular flexibility index (Phi) is 5.39. The molecule has 0 atom stereocenters. The molecule has 1 aromatic rings. The number of carbonyl (C=O) groups excluding carboxylic acids is 1. The molecule has 0 saturated heterocycles. The quantitative estimate of drug-likeness (QED) is 0.369. The Hall–Kier alpha value is -2.26. The number of methoxy groups -OCH3 is 1. The van der Waals surface area contributed by atoms with E-state index in [1.807, 2.05) is 0 Å². The van der Waals surface area contributed by atoms with Gasteiger partial charge >= 0.3 is 18.3 Å². The summed E-state index contributed by atoms with van der Waals surface area (Å²) in [5.74, 6) is -0.991. The molecular weight excluding hydrogens is 320 g/mol. The number of halogens is 6. The van der Waals surface area contributed by atoms with Gasteiger partial charge in [0.1, 0.15) is 0 Å². The normalized spacial score (nSPS) is 13.0. The lowest BCUT2D eigenvalue weighted by molar-refractivity contribution is -0.146. The maximum absolute atomic E-state index is 12.8. The van der Waals surface area contributed by atoms with E-state index in [0.717, 1.165) is 19.2 Å². The second kappa shape index (κ2) is 6.67. The molecule has 1 aromatic carbocycles. The van der Waals surface area contributed by atoms with Crippen LogP contribution < -0.4 is 0 Å². The van der Waals surface area contributed by atoms with Gasteiger partial charge in [0.2, 0.25) is 6.61 Å². The number of hydrogen-bond acceptors (Lipinski definition) is 4. The predicted molar refractivity (Wildman–Crippen MR) is 62.0 cm³/mol. The first kappa shape index (κ1) is 17.8. The molecule has 0 saturated carbocycles. The van der Waals surface area contributed by atoms with Crippen LogP contribution in [0.4, 0.5) is 26.3 Å². The molecule has 0 amide bonds. The maximum atomic E-state index is 12.8. The summed E-state index contributed by atoms with van der Waals surface area (Å²) in [5.41, 5.74) is -3.80. The Morgan fingerprint density at radius 2 is 1.82 bits per heavy atom. The number of esters is 1. The van der Waals surface area contributed by atoms with Crippen LogP contribution in [0, 0.1) is 0 Å². The minimum atomic E-state index is -5.07. The van der Waals surface area contributed by atoms with Crippen LogP contribution in [-0.2, 0) is 20.5 Å². The number of oxime groups is 1. The van der Waals surface area contributed by atoms with E-state index in [1.165, 1.54) is 0 Å². The van der Waals surface area contributed by atoms with E-state index in [4.69, 9.17) is 0 Å². The van der Waals surface area contributed by atoms with Crippen LogP contribution in [0.2, 0.25) is 0 Å². The van der Waals surface area contributed by atoms with Gasteiger partial charge < -0.3 is 9.57 Å². The first-order valence-electron chi connectivity index (χ1n) is 5.57. The highest BCUT2D eigenvalue weighted by Gasteiger charge is 2.39. The monoisotopic (exact) mass is 329 g/mol. The summed E-state index contributed by atoms with van der Waals surface area (Å²) < 4.78 is 80.2. The SMILES string of the molecule is COC(=O)CON=C(c1cccc(C(F)(F)F)c1)C(F)(F)F. The van der Waals surface area contributed by atoms with E-state index in [2.05, 4.69) is 14.7 Å². The van der Waals surface area contributed by atoms with E-state index in [-0.39, 0.29) is 6.07 Å². The van der Waals surface area contributed by atoms with E-state index < -0.39 is 41.8 Å². The largest absolute Gasteiger partial charge is 0.466 e. The molecule has 0 spiro atoms. The molecule has 0 aliphatic carbocycles. The maximum Gasteiger partial charge on any atom is 0.437 e. The van der Waals surface area contributed by atoms with Crippen molar-refractivity contribution in [3.63, 3.8) is 0 Å². The van der Waals surface area contributed by atoms with Crippen LogP contribution in [0.3, 0.4) is 0 Å². The fourth-order valence-corrected chi connectivity index (χ4v) is 1.32. The van der Waals surface area contributed by atoms with Gasteiger partial charge in [0, 0.05) is 5.56 Å². The standard InChI is InChI=1S/C12H9F6NO3/c1-21-9(20)6-22-19-10(12(16,17)18)7-3-2-4-8(5-7)11(13,14)15/h2-5H,6H2,1H3. The van der Waals surface area contributed by atoms with E-state index in [0.29, 0.717) is 6.07 Å². The van der Waals surface area contributed by atoms with Crippen LogP contribution in [0.5, 0.6) is 0 Å². The fraction of sp³-hybridized carbons (Fsp3) is 0.333. The number of hydrogen-bond donors (Lipinski definition) is 0. The Morgan fingerprint density at radius 3 is 2.32 bits per heavy atom. The lowest BCUT2D eigenvalue weighted by atomic mass is 10.1. The molecule has 0 heterocycles. The van der Waals surface area contributed by atoms with Gasteiger partial charge in [0.15, 0.2) is 5.71 Å². The lowest BCUT2D eigenvalue weighted by Crippen LogP contribution is -2.25. The Balaban J connectivity index is 3.13. The molecule has 10 heteroatoms. The molecule has 0 unspecified atom stereocenters. The van der Waals surface area contributed by atoms with Crippen LogP contribution in [-0.4, -0.2) is 31.6 Å². The lowest BCUT2D eigenvalue weighted by Gasteiger charge is -2.12. The second-order valence-corrected chi connectivity index (χ2v) is 3.87. The molecule has 1 rings (SSSR count). The number of nitrogens with zero attached hydrogens (tertiary/aromatic N) is 1. The van der Waals surface area contributed by atoms with Gasteiger partial charge in [-0.25, -0.2) is 4.79 Å². The average Bonchev–Trinajstić information content (AvgIpc) is 2.41. The minimum Gasteiger partial charge on any atom is -0.466 e. The number of benzene rings is 1. The first-order chi connectivity index (χ1) is 10.1. The summed E-state index contributed by atoms with van der Waals surface area (Å²) >= 11 is 0. The van der Waals surface area contributed by atoms with Gasteiger partial charge in [-0.15, -0.1) is 0 Å². The molecule has 0 aliphatic heterocycles. The molecule has 122 valence electrons. The van der Waals surface area contributed by atoms with Crippen molar-refractivity contribution < 1.29 is 40.7 Å². The average molecular weight is 329 g/mol. The minimum absolute atomic E-state index is 0.286. The third-order valence-corrected chi connectivity index (χ3v) is 2.30. The van der Waals surface area contributed by atoms with Gasteiger partial charge in [0.05, 0.1) is 12.7 Å². The number of ether oxygens (including phenoxy) is 1. The van der Waals surface area contributed by atoms with Crippen molar-refractivity contribution in [3.05, 3.63) is 35.4 Å². The smallest absolute Gasteiger partial charge is 0.437 e. The summed E-state index contributed by atoms with van der Waals surface area (Å²) in [6.07, 6.45) is -9.88. The van der Waals surface area contributed by atoms with Gasteiger partial charge in [-0.3, -0.25) is 0 Å². The summed E-state index contributed by atoms with van der Waals surface area (Å²) in [7, 11) is 0.979. The Bertz CT molecular complexity index is 565. The van der Waals surface area contributed by atoms with Gasteiger partial charge in [-0.2, -0.15) is 26.3 Å². The topological polar surface area (TPSA) is 47.9 Å². The molecule has 0 aromatic heterocycles. The molecule has 0 N–H and O–H groups in total. The van der Waals surface area contributed by atoms with Crippen molar-refractivity contribution in [1.82, 2.24) is 0 Å². The third-order valence-electron chi connectivity index (χ3n) is 2.30. The van der Waals surface area contributed by atoms with Crippen molar-refractivity contribution in [1.29, 1.82) is 0 Å². The van der Waals surface area contributed by atoms with Gasteiger partial charge in [-0.1, -0.05) is 17.3 Å². The number of alkyl halides is 6. The second-order valence-electron chi connectivity index (χ2n) is 3.87. The summed E-state index contributed by atoms with van der Waals surface area (Å²) in [6, 6.07) is 2.50. The van der Waals surface area contributed by atoms with Crippen LogP contribution in [0.1, 0.15) is 11.1 Å². The van der Waals surface area contributed by atoms with Crippen molar-refractivity contribution in [3.8, 4) is 0 Å². The third kappa shape index (κ3) is 4.93. The first-order valence-corrected chi connectivity index (χ1v) is 5.57. The van der Waals surface area contributed by atoms with E-state index in [1.54, 1.807) is 0 Å². The molecule has 4 nitrogen and oxygen atoms in total. The predicted octanol–water partition coefficient (Wildman–Crippen LogP) is 3.16. The summed E-state index contributed by atoms with van der Waals surface area (Å²) in [6.45, 7) is -0.908. The zero-order valence-corrected chi connectivity index (χ0v) is 11.0. The fourth-order valence-electron chi connectivity index (χ4n) is 1.32. The van der Waals surface area contributed by atoms with Gasteiger partial charge in [0.25, 0.3) is 0 Å². The Labute approximate surface area is 120 Å². The Morgan fingerprint density at radius 1 is 1.18 bits per heavy atom. The summed E-state index contributed by atoms with van der Waals surface area (Å²) in [4.78, 5) is 14.9. The zero-order chi connectivity index (χ0) is 17.0. The van der Waals surface area contributed by atoms with Crippen LogP contribution in [0.15, 0.2) is 29.4 Å². The van der Waals surface area contributed by atoms with Crippen LogP contribution in [0.25, 0.3) is 0 Å². The molecular formula is C12H9F6NO3. The van der Waals surface area contributed by atoms with Crippen molar-refractivity contribution >= 4 is 11.7 Å². The highest BCUT2D eigenvalue weighted by atomic mass is 19.4. The van der Waals surface area contributed by atoms with Crippen molar-refractivity contribution in [2.45, 2.75) is 12.4 Å². The highest BCUT2D eigenvalue weighted by molar-refractivity contribution is 6.04. The van der Waals surface area contributed by atoms with Crippen molar-refractivity contribution in [2.24, 2.45) is 5.16 Å². The number of carbonyl (C=O) groups is 1. The number of rotatable bonds is 4. The molecule has 0 radical (unpaired) electrons. The molecule has 0 bridgehead atoms. The molecule has 22 heavy (non-hydrogen) atoms.